The second kappa shape index (κ2) is 9.45. The van der Waals surface area contributed by atoms with Crippen molar-refractivity contribution in [2.75, 3.05) is 40.4 Å². The predicted octanol–water partition coefficient (Wildman–Crippen LogP) is 3.01. The average Bonchev–Trinajstić information content (AvgIpc) is 2.68. The van der Waals surface area contributed by atoms with Crippen LogP contribution in [0.4, 0.5) is 0 Å². The van der Waals surface area contributed by atoms with Crippen molar-refractivity contribution in [1.82, 2.24) is 9.21 Å². The molecule has 0 bridgehead atoms. The molecule has 0 spiro atoms. The lowest BCUT2D eigenvalue weighted by Gasteiger charge is -2.41. The van der Waals surface area contributed by atoms with Crippen LogP contribution in [0.25, 0.3) is 0 Å². The summed E-state index contributed by atoms with van der Waals surface area (Å²) in [4.78, 5) is 2.74. The minimum Gasteiger partial charge on any atom is -0.497 e. The Balaban J connectivity index is 0.00000261. The summed E-state index contributed by atoms with van der Waals surface area (Å²) in [7, 11) is -0.569. The lowest BCUT2D eigenvalue weighted by Crippen LogP contribution is -2.48. The van der Waals surface area contributed by atoms with Crippen LogP contribution in [0.1, 0.15) is 32.6 Å². The Hall–Kier alpha value is -1.02. The quantitative estimate of drug-likeness (QED) is 0.735. The van der Waals surface area contributed by atoms with Gasteiger partial charge in [0.2, 0.25) is 10.0 Å². The van der Waals surface area contributed by atoms with E-state index in [2.05, 4.69) is 11.8 Å². The number of nitrogens with zero attached hydrogens (tertiary/aromatic N) is 2. The molecule has 2 fully saturated rings. The molecule has 2 saturated heterocycles. The molecule has 0 atom stereocenters. The van der Waals surface area contributed by atoms with E-state index in [1.807, 2.05) is 0 Å². The fraction of sp³-hybridized carbons (Fsp3) is 0.684. The molecule has 154 valence electrons. The maximum atomic E-state index is 13.1. The van der Waals surface area contributed by atoms with Crippen molar-refractivity contribution >= 4 is 22.4 Å². The van der Waals surface area contributed by atoms with Crippen LogP contribution >= 0.6 is 12.4 Å². The zero-order chi connectivity index (χ0) is 18.7. The minimum atomic E-state index is -3.59. The second-order valence-electron chi connectivity index (χ2n) is 7.37. The van der Waals surface area contributed by atoms with E-state index >= 15 is 0 Å². The summed E-state index contributed by atoms with van der Waals surface area (Å²) in [5.74, 6) is 1.69. The highest BCUT2D eigenvalue weighted by molar-refractivity contribution is 7.89. The number of ether oxygens (including phenoxy) is 2. The molecule has 0 aromatic heterocycles. The van der Waals surface area contributed by atoms with Crippen molar-refractivity contribution in [2.24, 2.45) is 5.92 Å². The van der Waals surface area contributed by atoms with E-state index in [9.17, 15) is 8.42 Å². The Labute approximate surface area is 169 Å². The van der Waals surface area contributed by atoms with Gasteiger partial charge < -0.3 is 14.4 Å². The first-order valence-corrected chi connectivity index (χ1v) is 10.9. The number of piperidine rings is 2. The number of rotatable bonds is 5. The third kappa shape index (κ3) is 4.88. The highest BCUT2D eigenvalue weighted by atomic mass is 35.5. The topological polar surface area (TPSA) is 59.1 Å². The summed E-state index contributed by atoms with van der Waals surface area (Å²) in [6, 6.07) is 5.40. The Morgan fingerprint density at radius 3 is 2.15 bits per heavy atom. The van der Waals surface area contributed by atoms with Crippen molar-refractivity contribution < 1.29 is 17.9 Å². The van der Waals surface area contributed by atoms with Gasteiger partial charge in [0, 0.05) is 25.2 Å². The molecule has 2 aliphatic rings. The van der Waals surface area contributed by atoms with Crippen LogP contribution in [0.2, 0.25) is 0 Å². The zero-order valence-electron chi connectivity index (χ0n) is 16.4. The van der Waals surface area contributed by atoms with Crippen LogP contribution in [-0.4, -0.2) is 64.1 Å². The Morgan fingerprint density at radius 2 is 1.59 bits per heavy atom. The van der Waals surface area contributed by atoms with Gasteiger partial charge in [-0.3, -0.25) is 0 Å². The summed E-state index contributed by atoms with van der Waals surface area (Å²) >= 11 is 0. The molecule has 0 saturated carbocycles. The van der Waals surface area contributed by atoms with Gasteiger partial charge in [-0.25, -0.2) is 8.42 Å². The maximum absolute atomic E-state index is 13.1. The minimum absolute atomic E-state index is 0. The molecule has 1 aromatic rings. The largest absolute Gasteiger partial charge is 0.497 e. The van der Waals surface area contributed by atoms with E-state index in [1.54, 1.807) is 22.5 Å². The van der Waals surface area contributed by atoms with Gasteiger partial charge in [-0.2, -0.15) is 4.31 Å². The fourth-order valence-corrected chi connectivity index (χ4v) is 5.61. The van der Waals surface area contributed by atoms with Gasteiger partial charge in [0.25, 0.3) is 0 Å². The Morgan fingerprint density at radius 1 is 0.963 bits per heavy atom. The second-order valence-corrected chi connectivity index (χ2v) is 9.28. The molecule has 27 heavy (non-hydrogen) atoms. The van der Waals surface area contributed by atoms with Gasteiger partial charge in [0.05, 0.1) is 14.2 Å². The Kier molecular flexibility index (Phi) is 7.80. The number of methoxy groups -OCH3 is 2. The summed E-state index contributed by atoms with van der Waals surface area (Å²) in [6.45, 7) is 5.71. The zero-order valence-corrected chi connectivity index (χ0v) is 18.0. The summed E-state index contributed by atoms with van der Waals surface area (Å²) in [5, 5.41) is 0. The van der Waals surface area contributed by atoms with E-state index in [4.69, 9.17) is 9.47 Å². The van der Waals surface area contributed by atoms with Gasteiger partial charge in [-0.1, -0.05) is 6.92 Å². The van der Waals surface area contributed by atoms with Gasteiger partial charge in [0.15, 0.2) is 0 Å². The number of benzene rings is 1. The van der Waals surface area contributed by atoms with Gasteiger partial charge in [-0.15, -0.1) is 12.4 Å². The molecule has 0 aliphatic carbocycles. The Bertz CT molecular complexity index is 712. The van der Waals surface area contributed by atoms with Crippen molar-refractivity contribution in [1.29, 1.82) is 0 Å². The number of hydrogen-bond acceptors (Lipinski definition) is 5. The van der Waals surface area contributed by atoms with E-state index in [1.165, 1.54) is 27.1 Å². The van der Waals surface area contributed by atoms with E-state index < -0.39 is 10.0 Å². The highest BCUT2D eigenvalue weighted by Gasteiger charge is 2.34. The number of likely N-dealkylation sites (tertiary alicyclic amines) is 1. The summed E-state index contributed by atoms with van der Waals surface area (Å²) < 4.78 is 38.3. The van der Waals surface area contributed by atoms with Crippen molar-refractivity contribution in [3.63, 3.8) is 0 Å². The van der Waals surface area contributed by atoms with Crippen molar-refractivity contribution in [2.45, 2.75) is 43.5 Å². The van der Waals surface area contributed by atoms with E-state index in [0.717, 1.165) is 31.8 Å². The first-order chi connectivity index (χ1) is 12.5. The molecule has 2 heterocycles. The van der Waals surface area contributed by atoms with Gasteiger partial charge in [0.1, 0.15) is 16.4 Å². The summed E-state index contributed by atoms with van der Waals surface area (Å²) in [5.41, 5.74) is 0. The first kappa shape index (κ1) is 22.3. The number of halogens is 1. The normalized spacial score (nSPS) is 20.9. The standard InChI is InChI=1S/C19H30N2O4S.ClH/c1-15-6-10-20(11-7-15)16-8-12-21(13-9-16)26(22,23)19-14-17(24-2)4-5-18(19)25-3;/h4-5,14-16H,6-13H2,1-3H3;1H. The predicted molar refractivity (Wildman–Crippen MR) is 109 cm³/mol. The molecule has 0 N–H and O–H groups in total. The van der Waals surface area contributed by atoms with Crippen LogP contribution in [0, 0.1) is 5.92 Å². The van der Waals surface area contributed by atoms with Crippen LogP contribution < -0.4 is 9.47 Å². The molecule has 0 amide bonds. The first-order valence-electron chi connectivity index (χ1n) is 9.42. The molecule has 8 heteroatoms. The molecular formula is C19H31ClN2O4S. The molecule has 1 aromatic carbocycles. The molecular weight excluding hydrogens is 388 g/mol. The fourth-order valence-electron chi connectivity index (χ4n) is 3.97. The lowest BCUT2D eigenvalue weighted by atomic mass is 9.95. The molecule has 0 radical (unpaired) electrons. The van der Waals surface area contributed by atoms with Crippen LogP contribution in [-0.2, 0) is 10.0 Å². The van der Waals surface area contributed by atoms with Crippen LogP contribution in [0.15, 0.2) is 23.1 Å². The van der Waals surface area contributed by atoms with E-state index in [-0.39, 0.29) is 17.3 Å². The van der Waals surface area contributed by atoms with Crippen molar-refractivity contribution in [3.8, 4) is 11.5 Å². The third-order valence-corrected chi connectivity index (χ3v) is 7.67. The maximum Gasteiger partial charge on any atom is 0.246 e. The van der Waals surface area contributed by atoms with Crippen LogP contribution in [0.3, 0.4) is 0 Å². The molecule has 2 aliphatic heterocycles. The van der Waals surface area contributed by atoms with Crippen LogP contribution in [0.5, 0.6) is 11.5 Å². The smallest absolute Gasteiger partial charge is 0.246 e. The van der Waals surface area contributed by atoms with Gasteiger partial charge >= 0.3 is 0 Å². The molecule has 3 rings (SSSR count). The highest BCUT2D eigenvalue weighted by Crippen LogP contribution is 2.32. The van der Waals surface area contributed by atoms with Gasteiger partial charge in [-0.05, 0) is 56.8 Å². The molecule has 0 unspecified atom stereocenters. The number of sulfonamides is 1. The SMILES string of the molecule is COc1ccc(OC)c(S(=O)(=O)N2CCC(N3CCC(C)CC3)CC2)c1.Cl. The molecule has 6 nitrogen and oxygen atoms in total. The monoisotopic (exact) mass is 418 g/mol. The van der Waals surface area contributed by atoms with Crippen molar-refractivity contribution in [3.05, 3.63) is 18.2 Å². The average molecular weight is 419 g/mol. The lowest BCUT2D eigenvalue weighted by molar-refractivity contribution is 0.101. The third-order valence-electron chi connectivity index (χ3n) is 5.75. The van der Waals surface area contributed by atoms with E-state index in [0.29, 0.717) is 30.6 Å². The summed E-state index contributed by atoms with van der Waals surface area (Å²) in [6.07, 6.45) is 4.28. The number of hydrogen-bond donors (Lipinski definition) is 0.